The zero-order chi connectivity index (χ0) is 12.4. The summed E-state index contributed by atoms with van der Waals surface area (Å²) in [5, 5.41) is 3.54. The highest BCUT2D eigenvalue weighted by atomic mass is 15.2. The Hall–Kier alpha value is -1.12. The predicted octanol–water partition coefficient (Wildman–Crippen LogP) is 2.38. The third-order valence-corrected chi connectivity index (χ3v) is 4.37. The van der Waals surface area contributed by atoms with Crippen LogP contribution in [-0.2, 0) is 0 Å². The second-order valence-electron chi connectivity index (χ2n) is 5.57. The molecule has 0 spiro atoms. The summed E-state index contributed by atoms with van der Waals surface area (Å²) in [6.45, 7) is 8.89. The van der Waals surface area contributed by atoms with Crippen molar-refractivity contribution in [2.45, 2.75) is 18.9 Å². The molecule has 2 atom stereocenters. The second kappa shape index (κ2) is 5.25. The smallest absolute Gasteiger partial charge is 0.0264 e. The fourth-order valence-corrected chi connectivity index (χ4v) is 3.37. The van der Waals surface area contributed by atoms with Gasteiger partial charge >= 0.3 is 0 Å². The molecule has 0 aromatic heterocycles. The number of fused-ring (bicyclic) bond motifs is 1. The van der Waals surface area contributed by atoms with E-state index in [1.807, 2.05) is 0 Å². The van der Waals surface area contributed by atoms with Crippen LogP contribution < -0.4 is 5.32 Å². The quantitative estimate of drug-likeness (QED) is 0.875. The third-order valence-electron chi connectivity index (χ3n) is 4.37. The van der Waals surface area contributed by atoms with Gasteiger partial charge in [0.05, 0.1) is 0 Å². The monoisotopic (exact) mass is 242 g/mol. The fraction of sp³-hybridized carbons (Fsp3) is 0.500. The molecule has 2 heterocycles. The van der Waals surface area contributed by atoms with Crippen LogP contribution in [0, 0.1) is 5.92 Å². The highest BCUT2D eigenvalue weighted by Gasteiger charge is 2.34. The highest BCUT2D eigenvalue weighted by Crippen LogP contribution is 2.28. The zero-order valence-electron chi connectivity index (χ0n) is 10.9. The lowest BCUT2D eigenvalue weighted by molar-refractivity contribution is 0.142. The normalized spacial score (nSPS) is 28.0. The van der Waals surface area contributed by atoms with Crippen LogP contribution >= 0.6 is 0 Å². The molecule has 0 radical (unpaired) electrons. The SMILES string of the molecule is C=C(CN1CCCC2CNCC21)c1ccccc1. The average Bonchev–Trinajstić information content (AvgIpc) is 2.89. The van der Waals surface area contributed by atoms with Crippen molar-refractivity contribution in [3.05, 3.63) is 42.5 Å². The van der Waals surface area contributed by atoms with Crippen molar-refractivity contribution in [3.8, 4) is 0 Å². The van der Waals surface area contributed by atoms with Gasteiger partial charge in [-0.05, 0) is 43.0 Å². The number of benzene rings is 1. The van der Waals surface area contributed by atoms with Gasteiger partial charge in [-0.15, -0.1) is 0 Å². The van der Waals surface area contributed by atoms with Crippen LogP contribution in [0.2, 0.25) is 0 Å². The lowest BCUT2D eigenvalue weighted by Gasteiger charge is -2.37. The van der Waals surface area contributed by atoms with Gasteiger partial charge in [0.1, 0.15) is 0 Å². The number of hydrogen-bond acceptors (Lipinski definition) is 2. The first-order valence-electron chi connectivity index (χ1n) is 7.02. The van der Waals surface area contributed by atoms with Crippen LogP contribution in [0.25, 0.3) is 5.57 Å². The minimum absolute atomic E-state index is 0.735. The lowest BCUT2D eigenvalue weighted by atomic mass is 9.91. The van der Waals surface area contributed by atoms with Crippen molar-refractivity contribution >= 4 is 5.57 Å². The minimum atomic E-state index is 0.735. The Morgan fingerprint density at radius 3 is 2.94 bits per heavy atom. The average molecular weight is 242 g/mol. The van der Waals surface area contributed by atoms with Crippen LogP contribution in [0.4, 0.5) is 0 Å². The number of piperidine rings is 1. The Labute approximate surface area is 110 Å². The van der Waals surface area contributed by atoms with E-state index in [4.69, 9.17) is 0 Å². The molecule has 0 bridgehead atoms. The van der Waals surface area contributed by atoms with Gasteiger partial charge in [-0.3, -0.25) is 4.90 Å². The molecule has 96 valence electrons. The number of likely N-dealkylation sites (tertiary alicyclic amines) is 1. The third kappa shape index (κ3) is 2.36. The highest BCUT2D eigenvalue weighted by molar-refractivity contribution is 5.64. The van der Waals surface area contributed by atoms with Crippen molar-refractivity contribution in [1.29, 1.82) is 0 Å². The lowest BCUT2D eigenvalue weighted by Crippen LogP contribution is -2.45. The first-order chi connectivity index (χ1) is 8.84. The second-order valence-corrected chi connectivity index (χ2v) is 5.57. The largest absolute Gasteiger partial charge is 0.315 e. The Balaban J connectivity index is 1.67. The first-order valence-corrected chi connectivity index (χ1v) is 7.02. The molecule has 0 aliphatic carbocycles. The van der Waals surface area contributed by atoms with Crippen molar-refractivity contribution in [1.82, 2.24) is 10.2 Å². The molecule has 2 fully saturated rings. The van der Waals surface area contributed by atoms with Crippen LogP contribution in [-0.4, -0.2) is 37.1 Å². The molecule has 2 unspecified atom stereocenters. The molecule has 2 aliphatic heterocycles. The van der Waals surface area contributed by atoms with Gasteiger partial charge in [-0.1, -0.05) is 36.9 Å². The van der Waals surface area contributed by atoms with E-state index in [-0.39, 0.29) is 0 Å². The molecule has 2 nitrogen and oxygen atoms in total. The van der Waals surface area contributed by atoms with E-state index in [9.17, 15) is 0 Å². The van der Waals surface area contributed by atoms with E-state index in [1.165, 1.54) is 37.1 Å². The van der Waals surface area contributed by atoms with Crippen molar-refractivity contribution in [3.63, 3.8) is 0 Å². The van der Waals surface area contributed by atoms with Crippen LogP contribution in [0.15, 0.2) is 36.9 Å². The molecule has 0 saturated carbocycles. The number of nitrogens with zero attached hydrogens (tertiary/aromatic N) is 1. The Morgan fingerprint density at radius 2 is 2.11 bits per heavy atom. The summed E-state index contributed by atoms with van der Waals surface area (Å²) in [6, 6.07) is 11.3. The van der Waals surface area contributed by atoms with Crippen LogP contribution in [0.5, 0.6) is 0 Å². The summed E-state index contributed by atoms with van der Waals surface area (Å²) in [4.78, 5) is 2.63. The Bertz CT molecular complexity index is 412. The topological polar surface area (TPSA) is 15.3 Å². The maximum atomic E-state index is 4.27. The molecule has 1 aromatic rings. The maximum absolute atomic E-state index is 4.27. The number of rotatable bonds is 3. The summed E-state index contributed by atoms with van der Waals surface area (Å²) in [5.74, 6) is 0.863. The fourth-order valence-electron chi connectivity index (χ4n) is 3.37. The molecule has 1 aromatic carbocycles. The molecule has 2 saturated heterocycles. The van der Waals surface area contributed by atoms with E-state index in [0.29, 0.717) is 0 Å². The van der Waals surface area contributed by atoms with Gasteiger partial charge in [0.2, 0.25) is 0 Å². The summed E-state index contributed by atoms with van der Waals surface area (Å²) in [7, 11) is 0. The summed E-state index contributed by atoms with van der Waals surface area (Å²) < 4.78 is 0. The van der Waals surface area contributed by atoms with Crippen LogP contribution in [0.3, 0.4) is 0 Å². The Kier molecular flexibility index (Phi) is 3.48. The molecule has 3 rings (SSSR count). The van der Waals surface area contributed by atoms with E-state index in [0.717, 1.165) is 25.0 Å². The van der Waals surface area contributed by atoms with E-state index in [1.54, 1.807) is 0 Å². The van der Waals surface area contributed by atoms with Gasteiger partial charge in [0, 0.05) is 19.1 Å². The van der Waals surface area contributed by atoms with Gasteiger partial charge in [0.15, 0.2) is 0 Å². The molecule has 2 aliphatic rings. The molecular formula is C16H22N2. The summed E-state index contributed by atoms with van der Waals surface area (Å²) in [5.41, 5.74) is 2.54. The van der Waals surface area contributed by atoms with Gasteiger partial charge in [0.25, 0.3) is 0 Å². The van der Waals surface area contributed by atoms with Crippen molar-refractivity contribution < 1.29 is 0 Å². The van der Waals surface area contributed by atoms with E-state index < -0.39 is 0 Å². The standard InChI is InChI=1S/C16H22N2/c1-13(14-6-3-2-4-7-14)12-18-9-5-8-15-10-17-11-16(15)18/h2-4,6-7,15-17H,1,5,8-12H2. The molecule has 18 heavy (non-hydrogen) atoms. The van der Waals surface area contributed by atoms with Gasteiger partial charge in [-0.25, -0.2) is 0 Å². The zero-order valence-corrected chi connectivity index (χ0v) is 10.9. The van der Waals surface area contributed by atoms with Crippen molar-refractivity contribution in [2.24, 2.45) is 5.92 Å². The van der Waals surface area contributed by atoms with E-state index >= 15 is 0 Å². The van der Waals surface area contributed by atoms with Gasteiger partial charge < -0.3 is 5.32 Å². The molecule has 1 N–H and O–H groups in total. The molecular weight excluding hydrogens is 220 g/mol. The minimum Gasteiger partial charge on any atom is -0.315 e. The van der Waals surface area contributed by atoms with Gasteiger partial charge in [-0.2, -0.15) is 0 Å². The maximum Gasteiger partial charge on any atom is 0.0264 e. The number of nitrogens with one attached hydrogen (secondary N) is 1. The number of hydrogen-bond donors (Lipinski definition) is 1. The first kappa shape index (κ1) is 11.9. The molecule has 2 heteroatoms. The predicted molar refractivity (Wildman–Crippen MR) is 76.4 cm³/mol. The summed E-state index contributed by atoms with van der Waals surface area (Å²) in [6.07, 6.45) is 2.73. The Morgan fingerprint density at radius 1 is 1.28 bits per heavy atom. The summed E-state index contributed by atoms with van der Waals surface area (Å²) >= 11 is 0. The van der Waals surface area contributed by atoms with Crippen molar-refractivity contribution in [2.75, 3.05) is 26.2 Å². The molecule has 0 amide bonds. The van der Waals surface area contributed by atoms with E-state index in [2.05, 4.69) is 47.1 Å². The van der Waals surface area contributed by atoms with Crippen LogP contribution in [0.1, 0.15) is 18.4 Å².